The van der Waals surface area contributed by atoms with Gasteiger partial charge in [-0.3, -0.25) is 0 Å². The van der Waals surface area contributed by atoms with Gasteiger partial charge in [-0.25, -0.2) is 0 Å². The third-order valence-corrected chi connectivity index (χ3v) is 3.31. The molecule has 15 heavy (non-hydrogen) atoms. The van der Waals surface area contributed by atoms with E-state index in [1.807, 2.05) is 0 Å². The summed E-state index contributed by atoms with van der Waals surface area (Å²) in [5, 5.41) is 3.42. The molecule has 1 atom stereocenters. The largest absolute Gasteiger partial charge is 0.316 e. The van der Waals surface area contributed by atoms with Crippen LogP contribution in [-0.2, 0) is 5.41 Å². The van der Waals surface area contributed by atoms with Crippen molar-refractivity contribution in [3.8, 4) is 0 Å². The molecule has 1 aromatic rings. The molecule has 0 unspecified atom stereocenters. The van der Waals surface area contributed by atoms with Crippen molar-refractivity contribution in [2.45, 2.75) is 38.5 Å². The highest BCUT2D eigenvalue weighted by Crippen LogP contribution is 2.26. The van der Waals surface area contributed by atoms with E-state index in [2.05, 4.69) is 50.4 Å². The van der Waals surface area contributed by atoms with Gasteiger partial charge in [0.15, 0.2) is 0 Å². The molecule has 1 fully saturated rings. The van der Waals surface area contributed by atoms with Crippen molar-refractivity contribution < 1.29 is 0 Å². The molecule has 1 aliphatic rings. The van der Waals surface area contributed by atoms with E-state index in [9.17, 15) is 0 Å². The summed E-state index contributed by atoms with van der Waals surface area (Å²) in [6.45, 7) is 9.11. The molecule has 0 aliphatic carbocycles. The third kappa shape index (κ3) is 2.40. The molecule has 2 rings (SSSR count). The predicted octanol–water partition coefficient (Wildman–Crippen LogP) is 3.06. The van der Waals surface area contributed by atoms with Crippen molar-refractivity contribution in [3.63, 3.8) is 0 Å². The van der Waals surface area contributed by atoms with E-state index >= 15 is 0 Å². The number of rotatable bonds is 1. The molecule has 0 aromatic heterocycles. The van der Waals surface area contributed by atoms with Gasteiger partial charge in [-0.15, -0.1) is 0 Å². The molecule has 1 N–H and O–H groups in total. The van der Waals surface area contributed by atoms with Crippen molar-refractivity contribution in [3.05, 3.63) is 35.4 Å². The smallest absolute Gasteiger partial charge is 0.00206 e. The van der Waals surface area contributed by atoms with Crippen molar-refractivity contribution in [1.82, 2.24) is 5.32 Å². The zero-order valence-electron chi connectivity index (χ0n) is 10.0. The van der Waals surface area contributed by atoms with Crippen molar-refractivity contribution in [1.29, 1.82) is 0 Å². The van der Waals surface area contributed by atoms with Crippen LogP contribution < -0.4 is 5.32 Å². The van der Waals surface area contributed by atoms with E-state index in [4.69, 9.17) is 0 Å². The molecule has 1 aliphatic heterocycles. The monoisotopic (exact) mass is 203 g/mol. The lowest BCUT2D eigenvalue weighted by molar-refractivity contribution is 0.589. The van der Waals surface area contributed by atoms with Gasteiger partial charge in [-0.1, -0.05) is 45.0 Å². The average molecular weight is 203 g/mol. The summed E-state index contributed by atoms with van der Waals surface area (Å²) in [5.41, 5.74) is 3.19. The average Bonchev–Trinajstić information content (AvgIpc) is 2.69. The standard InChI is InChI=1S/C14H21N/c1-14(2,3)13-6-4-11(5-7-13)12-8-9-15-10-12/h4-7,12,15H,8-10H2,1-3H3/t12-/m1/s1. The molecule has 0 saturated carbocycles. The summed E-state index contributed by atoms with van der Waals surface area (Å²) in [4.78, 5) is 0. The van der Waals surface area contributed by atoms with E-state index in [1.165, 1.54) is 24.1 Å². The second kappa shape index (κ2) is 3.97. The van der Waals surface area contributed by atoms with Crippen LogP contribution in [-0.4, -0.2) is 13.1 Å². The quantitative estimate of drug-likeness (QED) is 0.739. The van der Waals surface area contributed by atoms with Gasteiger partial charge < -0.3 is 5.32 Å². The first-order valence-electron chi connectivity index (χ1n) is 5.88. The molecule has 1 heteroatoms. The van der Waals surface area contributed by atoms with E-state index in [1.54, 1.807) is 0 Å². The molecule has 1 aromatic carbocycles. The zero-order chi connectivity index (χ0) is 10.9. The summed E-state index contributed by atoms with van der Waals surface area (Å²) in [6.07, 6.45) is 1.29. The van der Waals surface area contributed by atoms with Gasteiger partial charge >= 0.3 is 0 Å². The van der Waals surface area contributed by atoms with Crippen molar-refractivity contribution in [2.75, 3.05) is 13.1 Å². The minimum atomic E-state index is 0.270. The first-order chi connectivity index (χ1) is 7.07. The van der Waals surface area contributed by atoms with Crippen LogP contribution in [0.3, 0.4) is 0 Å². The fourth-order valence-electron chi connectivity index (χ4n) is 2.19. The summed E-state index contributed by atoms with van der Waals surface area (Å²) in [6, 6.07) is 9.18. The Morgan fingerprint density at radius 1 is 1.13 bits per heavy atom. The molecule has 1 heterocycles. The van der Waals surface area contributed by atoms with E-state index in [-0.39, 0.29) is 5.41 Å². The maximum absolute atomic E-state index is 3.42. The number of benzene rings is 1. The van der Waals surface area contributed by atoms with Crippen LogP contribution in [0.1, 0.15) is 44.2 Å². The van der Waals surface area contributed by atoms with Crippen LogP contribution in [0.2, 0.25) is 0 Å². The first-order valence-corrected chi connectivity index (χ1v) is 5.88. The second-order valence-electron chi connectivity index (χ2n) is 5.56. The van der Waals surface area contributed by atoms with Gasteiger partial charge in [0.05, 0.1) is 0 Å². The maximum atomic E-state index is 3.42. The molecule has 0 amide bonds. The fourth-order valence-corrected chi connectivity index (χ4v) is 2.19. The molecule has 82 valence electrons. The first kappa shape index (κ1) is 10.7. The van der Waals surface area contributed by atoms with Crippen LogP contribution in [0.5, 0.6) is 0 Å². The minimum Gasteiger partial charge on any atom is -0.316 e. The molecule has 0 bridgehead atoms. The van der Waals surface area contributed by atoms with Crippen LogP contribution in [0.15, 0.2) is 24.3 Å². The second-order valence-corrected chi connectivity index (χ2v) is 5.56. The SMILES string of the molecule is CC(C)(C)c1ccc([C@@H]2CCNC2)cc1. The predicted molar refractivity (Wildman–Crippen MR) is 65.4 cm³/mol. The summed E-state index contributed by atoms with van der Waals surface area (Å²) >= 11 is 0. The highest BCUT2D eigenvalue weighted by molar-refractivity contribution is 5.30. The van der Waals surface area contributed by atoms with Gasteiger partial charge in [0, 0.05) is 6.54 Å². The Balaban J connectivity index is 2.16. The highest BCUT2D eigenvalue weighted by Gasteiger charge is 2.18. The Morgan fingerprint density at radius 2 is 1.80 bits per heavy atom. The topological polar surface area (TPSA) is 12.0 Å². The molecule has 1 saturated heterocycles. The van der Waals surface area contributed by atoms with E-state index in [0.717, 1.165) is 12.5 Å². The van der Waals surface area contributed by atoms with Crippen LogP contribution >= 0.6 is 0 Å². The molecular weight excluding hydrogens is 182 g/mol. The van der Waals surface area contributed by atoms with Crippen LogP contribution in [0.4, 0.5) is 0 Å². The molecule has 1 nitrogen and oxygen atoms in total. The van der Waals surface area contributed by atoms with Crippen LogP contribution in [0.25, 0.3) is 0 Å². The van der Waals surface area contributed by atoms with Gasteiger partial charge in [0.1, 0.15) is 0 Å². The Hall–Kier alpha value is -0.820. The molecule has 0 radical (unpaired) electrons. The lowest BCUT2D eigenvalue weighted by atomic mass is 9.85. The summed E-state index contributed by atoms with van der Waals surface area (Å²) < 4.78 is 0. The third-order valence-electron chi connectivity index (χ3n) is 3.31. The van der Waals surface area contributed by atoms with Crippen molar-refractivity contribution in [2.24, 2.45) is 0 Å². The highest BCUT2D eigenvalue weighted by atomic mass is 14.9. The maximum Gasteiger partial charge on any atom is 0.00206 e. The molecular formula is C14H21N. The number of hydrogen-bond acceptors (Lipinski definition) is 1. The summed E-state index contributed by atoms with van der Waals surface area (Å²) in [5.74, 6) is 0.735. The van der Waals surface area contributed by atoms with Gasteiger partial charge in [-0.2, -0.15) is 0 Å². The fraction of sp³-hybridized carbons (Fsp3) is 0.571. The zero-order valence-corrected chi connectivity index (χ0v) is 10.0. The Kier molecular flexibility index (Phi) is 2.83. The summed E-state index contributed by atoms with van der Waals surface area (Å²) in [7, 11) is 0. The Labute approximate surface area is 92.9 Å². The Morgan fingerprint density at radius 3 is 2.27 bits per heavy atom. The van der Waals surface area contributed by atoms with E-state index < -0.39 is 0 Å². The molecule has 0 spiro atoms. The van der Waals surface area contributed by atoms with Crippen molar-refractivity contribution >= 4 is 0 Å². The number of nitrogens with one attached hydrogen (secondary N) is 1. The van der Waals surface area contributed by atoms with Gasteiger partial charge in [-0.05, 0) is 35.4 Å². The van der Waals surface area contributed by atoms with E-state index in [0.29, 0.717) is 0 Å². The van der Waals surface area contributed by atoms with Gasteiger partial charge in [0.2, 0.25) is 0 Å². The Bertz CT molecular complexity index is 312. The lowest BCUT2D eigenvalue weighted by Gasteiger charge is -2.20. The lowest BCUT2D eigenvalue weighted by Crippen LogP contribution is -2.11. The number of hydrogen-bond donors (Lipinski definition) is 1. The normalized spacial score (nSPS) is 21.9. The minimum absolute atomic E-state index is 0.270. The van der Waals surface area contributed by atoms with Crippen LogP contribution in [0, 0.1) is 0 Å². The van der Waals surface area contributed by atoms with Gasteiger partial charge in [0.25, 0.3) is 0 Å².